The van der Waals surface area contributed by atoms with Gasteiger partial charge < -0.3 is 31.2 Å². The average molecular weight is 457 g/mol. The molecule has 2 aromatic rings. The Morgan fingerprint density at radius 1 is 0.697 bits per heavy atom. The SMILES string of the molecule is N[C@@H](CCCCNC(=O)OCc1ccccc1)C(=O)NCCNC(=O)OCc1ccccc1. The van der Waals surface area contributed by atoms with E-state index in [0.29, 0.717) is 25.8 Å². The van der Waals surface area contributed by atoms with Crippen LogP contribution in [-0.2, 0) is 27.5 Å². The maximum atomic E-state index is 12.0. The van der Waals surface area contributed by atoms with Crippen LogP contribution in [0.2, 0.25) is 0 Å². The van der Waals surface area contributed by atoms with Crippen LogP contribution in [0.5, 0.6) is 0 Å². The van der Waals surface area contributed by atoms with Crippen LogP contribution in [0.3, 0.4) is 0 Å². The summed E-state index contributed by atoms with van der Waals surface area (Å²) in [5, 5.41) is 7.92. The smallest absolute Gasteiger partial charge is 0.407 e. The van der Waals surface area contributed by atoms with E-state index in [1.807, 2.05) is 60.7 Å². The third-order valence-electron chi connectivity index (χ3n) is 4.67. The summed E-state index contributed by atoms with van der Waals surface area (Å²) in [7, 11) is 0. The number of unbranched alkanes of at least 4 members (excludes halogenated alkanes) is 1. The summed E-state index contributed by atoms with van der Waals surface area (Å²) < 4.78 is 10.2. The van der Waals surface area contributed by atoms with Gasteiger partial charge in [0.2, 0.25) is 5.91 Å². The molecule has 0 unspecified atom stereocenters. The number of alkyl carbamates (subject to hydrolysis) is 2. The lowest BCUT2D eigenvalue weighted by Gasteiger charge is -2.13. The van der Waals surface area contributed by atoms with E-state index in [2.05, 4.69) is 16.0 Å². The van der Waals surface area contributed by atoms with Gasteiger partial charge in [-0.15, -0.1) is 0 Å². The second-order valence-corrected chi connectivity index (χ2v) is 7.37. The fourth-order valence-electron chi connectivity index (χ4n) is 2.84. The summed E-state index contributed by atoms with van der Waals surface area (Å²) in [4.78, 5) is 35.3. The van der Waals surface area contributed by atoms with Crippen molar-refractivity contribution in [3.63, 3.8) is 0 Å². The minimum Gasteiger partial charge on any atom is -0.445 e. The van der Waals surface area contributed by atoms with Crippen LogP contribution in [0.1, 0.15) is 30.4 Å². The number of rotatable bonds is 13. The van der Waals surface area contributed by atoms with Crippen LogP contribution >= 0.6 is 0 Å². The van der Waals surface area contributed by atoms with Crippen LogP contribution in [-0.4, -0.2) is 43.8 Å². The Labute approximate surface area is 194 Å². The molecule has 1 atom stereocenters. The summed E-state index contributed by atoms with van der Waals surface area (Å²) in [5.74, 6) is -0.287. The summed E-state index contributed by atoms with van der Waals surface area (Å²) in [5.41, 5.74) is 7.70. The zero-order chi connectivity index (χ0) is 23.7. The van der Waals surface area contributed by atoms with Crippen molar-refractivity contribution in [1.29, 1.82) is 0 Å². The molecule has 0 aromatic heterocycles. The highest BCUT2D eigenvalue weighted by Gasteiger charge is 2.12. The van der Waals surface area contributed by atoms with E-state index in [-0.39, 0.29) is 32.2 Å². The quantitative estimate of drug-likeness (QED) is 0.342. The highest BCUT2D eigenvalue weighted by Crippen LogP contribution is 2.02. The van der Waals surface area contributed by atoms with E-state index in [1.165, 1.54) is 0 Å². The summed E-state index contributed by atoms with van der Waals surface area (Å²) in [6.45, 7) is 1.33. The molecule has 3 amide bonds. The minimum absolute atomic E-state index is 0.184. The first-order valence-electron chi connectivity index (χ1n) is 11.0. The number of nitrogens with two attached hydrogens (primary N) is 1. The number of ether oxygens (including phenoxy) is 2. The van der Waals surface area contributed by atoms with Gasteiger partial charge in [0.15, 0.2) is 0 Å². The number of carbonyl (C=O) groups excluding carboxylic acids is 3. The zero-order valence-electron chi connectivity index (χ0n) is 18.6. The minimum atomic E-state index is -0.653. The van der Waals surface area contributed by atoms with Gasteiger partial charge in [-0.25, -0.2) is 9.59 Å². The number of hydrogen-bond donors (Lipinski definition) is 4. The molecule has 5 N–H and O–H groups in total. The van der Waals surface area contributed by atoms with Crippen molar-refractivity contribution in [2.75, 3.05) is 19.6 Å². The zero-order valence-corrected chi connectivity index (χ0v) is 18.6. The molecule has 2 aromatic carbocycles. The van der Waals surface area contributed by atoms with E-state index in [9.17, 15) is 14.4 Å². The Hall–Kier alpha value is -3.59. The predicted octanol–water partition coefficient (Wildman–Crippen LogP) is 2.45. The summed E-state index contributed by atoms with van der Waals surface area (Å²) in [6, 6.07) is 18.1. The molecule has 0 heterocycles. The van der Waals surface area contributed by atoms with E-state index in [4.69, 9.17) is 15.2 Å². The maximum Gasteiger partial charge on any atom is 0.407 e. The lowest BCUT2D eigenvalue weighted by atomic mass is 10.1. The van der Waals surface area contributed by atoms with Gasteiger partial charge in [0.25, 0.3) is 0 Å². The summed E-state index contributed by atoms with van der Waals surface area (Å²) >= 11 is 0. The molecule has 2 rings (SSSR count). The lowest BCUT2D eigenvalue weighted by molar-refractivity contribution is -0.122. The highest BCUT2D eigenvalue weighted by atomic mass is 16.6. The van der Waals surface area contributed by atoms with E-state index < -0.39 is 18.2 Å². The number of hydrogen-bond acceptors (Lipinski definition) is 6. The Balaban J connectivity index is 1.44. The lowest BCUT2D eigenvalue weighted by Crippen LogP contribution is -2.43. The molecular formula is C24H32N4O5. The molecule has 0 aliphatic carbocycles. The molecule has 0 spiro atoms. The molecular weight excluding hydrogens is 424 g/mol. The second-order valence-electron chi connectivity index (χ2n) is 7.37. The number of carbonyl (C=O) groups is 3. The monoisotopic (exact) mass is 456 g/mol. The molecule has 0 saturated heterocycles. The van der Waals surface area contributed by atoms with Crippen LogP contribution in [0.15, 0.2) is 60.7 Å². The Kier molecular flexibility index (Phi) is 11.9. The van der Waals surface area contributed by atoms with Crippen LogP contribution in [0.25, 0.3) is 0 Å². The number of amides is 3. The van der Waals surface area contributed by atoms with Gasteiger partial charge >= 0.3 is 12.2 Å². The summed E-state index contributed by atoms with van der Waals surface area (Å²) in [6.07, 6.45) is 0.815. The van der Waals surface area contributed by atoms with Crippen molar-refractivity contribution in [1.82, 2.24) is 16.0 Å². The third-order valence-corrected chi connectivity index (χ3v) is 4.67. The molecule has 0 aliphatic rings. The normalized spacial score (nSPS) is 11.2. The van der Waals surface area contributed by atoms with Crippen molar-refractivity contribution in [2.45, 2.75) is 38.5 Å². The van der Waals surface area contributed by atoms with Gasteiger partial charge in [0.05, 0.1) is 6.04 Å². The number of benzene rings is 2. The number of nitrogens with one attached hydrogen (secondary N) is 3. The van der Waals surface area contributed by atoms with Crippen molar-refractivity contribution in [2.24, 2.45) is 5.73 Å². The topological polar surface area (TPSA) is 132 Å². The van der Waals surface area contributed by atoms with Crippen molar-refractivity contribution >= 4 is 18.1 Å². The molecule has 0 bridgehead atoms. The van der Waals surface area contributed by atoms with Gasteiger partial charge in [0.1, 0.15) is 13.2 Å². The first-order valence-corrected chi connectivity index (χ1v) is 11.0. The van der Waals surface area contributed by atoms with Gasteiger partial charge in [0, 0.05) is 19.6 Å². The van der Waals surface area contributed by atoms with Crippen molar-refractivity contribution in [3.05, 3.63) is 71.8 Å². The first-order chi connectivity index (χ1) is 16.0. The van der Waals surface area contributed by atoms with Gasteiger partial charge in [-0.3, -0.25) is 4.79 Å². The molecule has 0 radical (unpaired) electrons. The Morgan fingerprint density at radius 2 is 1.18 bits per heavy atom. The molecule has 0 saturated carbocycles. The van der Waals surface area contributed by atoms with E-state index in [1.54, 1.807) is 0 Å². The molecule has 0 aliphatic heterocycles. The largest absolute Gasteiger partial charge is 0.445 e. The Morgan fingerprint density at radius 3 is 1.73 bits per heavy atom. The fraction of sp³-hybridized carbons (Fsp3) is 0.375. The van der Waals surface area contributed by atoms with E-state index in [0.717, 1.165) is 11.1 Å². The molecule has 9 heteroatoms. The van der Waals surface area contributed by atoms with Gasteiger partial charge in [-0.05, 0) is 30.4 Å². The molecule has 178 valence electrons. The standard InChI is InChI=1S/C24H32N4O5/c25-21(13-7-8-14-27-23(30)32-17-19-9-3-1-4-10-19)22(29)26-15-16-28-24(31)33-18-20-11-5-2-6-12-20/h1-6,9-12,21H,7-8,13-18,25H2,(H,26,29)(H,27,30)(H,28,31)/t21-/m0/s1. The van der Waals surface area contributed by atoms with Gasteiger partial charge in [-0.1, -0.05) is 60.7 Å². The fourth-order valence-corrected chi connectivity index (χ4v) is 2.84. The van der Waals surface area contributed by atoms with Crippen molar-refractivity contribution < 1.29 is 23.9 Å². The Bertz CT molecular complexity index is 848. The molecule has 0 fully saturated rings. The highest BCUT2D eigenvalue weighted by molar-refractivity contribution is 5.81. The maximum absolute atomic E-state index is 12.0. The van der Waals surface area contributed by atoms with E-state index >= 15 is 0 Å². The predicted molar refractivity (Wildman–Crippen MR) is 124 cm³/mol. The second kappa shape index (κ2) is 15.3. The van der Waals surface area contributed by atoms with Gasteiger partial charge in [-0.2, -0.15) is 0 Å². The van der Waals surface area contributed by atoms with Crippen LogP contribution < -0.4 is 21.7 Å². The first kappa shape index (κ1) is 25.7. The van der Waals surface area contributed by atoms with Crippen molar-refractivity contribution in [3.8, 4) is 0 Å². The molecule has 33 heavy (non-hydrogen) atoms. The average Bonchev–Trinajstić information content (AvgIpc) is 2.84. The third kappa shape index (κ3) is 11.6. The van der Waals surface area contributed by atoms with Crippen LogP contribution in [0.4, 0.5) is 9.59 Å². The molecule has 9 nitrogen and oxygen atoms in total. The van der Waals surface area contributed by atoms with Crippen LogP contribution in [0, 0.1) is 0 Å².